The third-order valence-corrected chi connectivity index (χ3v) is 2.63. The van der Waals surface area contributed by atoms with E-state index in [2.05, 4.69) is 0 Å². The van der Waals surface area contributed by atoms with Crippen molar-refractivity contribution in [3.63, 3.8) is 0 Å². The standard InChI is InChI=1S/C10H20N2O/c1-3-9(11)10(13)12(4-2)7-8-5-6-8/h8-9H,3-7,11H2,1-2H3/t9-/m1/s1. The molecule has 3 heteroatoms. The molecule has 1 fully saturated rings. The van der Waals surface area contributed by atoms with Gasteiger partial charge in [0.25, 0.3) is 0 Å². The predicted octanol–water partition coefficient (Wildman–Crippen LogP) is 0.982. The molecule has 0 saturated heterocycles. The van der Waals surface area contributed by atoms with Crippen LogP contribution in [0.3, 0.4) is 0 Å². The lowest BCUT2D eigenvalue weighted by atomic mass is 10.2. The maximum Gasteiger partial charge on any atom is 0.239 e. The van der Waals surface area contributed by atoms with Crippen LogP contribution in [0.5, 0.6) is 0 Å². The van der Waals surface area contributed by atoms with Gasteiger partial charge in [0, 0.05) is 13.1 Å². The topological polar surface area (TPSA) is 46.3 Å². The van der Waals surface area contributed by atoms with Gasteiger partial charge in [-0.05, 0) is 32.1 Å². The molecule has 1 aliphatic carbocycles. The van der Waals surface area contributed by atoms with Crippen molar-refractivity contribution in [1.82, 2.24) is 4.90 Å². The lowest BCUT2D eigenvalue weighted by molar-refractivity contribution is -0.132. The fourth-order valence-corrected chi connectivity index (χ4v) is 1.40. The van der Waals surface area contributed by atoms with Crippen LogP contribution in [0.2, 0.25) is 0 Å². The van der Waals surface area contributed by atoms with Crippen LogP contribution in [0.1, 0.15) is 33.1 Å². The molecule has 13 heavy (non-hydrogen) atoms. The van der Waals surface area contributed by atoms with E-state index in [0.29, 0.717) is 0 Å². The quantitative estimate of drug-likeness (QED) is 0.692. The van der Waals surface area contributed by atoms with Gasteiger partial charge in [0.05, 0.1) is 6.04 Å². The van der Waals surface area contributed by atoms with E-state index in [9.17, 15) is 4.79 Å². The van der Waals surface area contributed by atoms with Crippen molar-refractivity contribution in [2.75, 3.05) is 13.1 Å². The van der Waals surface area contributed by atoms with E-state index in [1.165, 1.54) is 12.8 Å². The Bertz CT molecular complexity index is 178. The van der Waals surface area contributed by atoms with Crippen LogP contribution in [-0.4, -0.2) is 29.9 Å². The smallest absolute Gasteiger partial charge is 0.239 e. The fraction of sp³-hybridized carbons (Fsp3) is 0.900. The maximum atomic E-state index is 11.7. The summed E-state index contributed by atoms with van der Waals surface area (Å²) in [5.74, 6) is 0.879. The predicted molar refractivity (Wildman–Crippen MR) is 53.2 cm³/mol. The number of hydrogen-bond donors (Lipinski definition) is 1. The highest BCUT2D eigenvalue weighted by molar-refractivity contribution is 5.81. The maximum absolute atomic E-state index is 11.7. The second-order valence-corrected chi connectivity index (χ2v) is 3.83. The van der Waals surface area contributed by atoms with Gasteiger partial charge >= 0.3 is 0 Å². The van der Waals surface area contributed by atoms with Gasteiger partial charge in [-0.2, -0.15) is 0 Å². The van der Waals surface area contributed by atoms with Gasteiger partial charge in [0.2, 0.25) is 5.91 Å². The van der Waals surface area contributed by atoms with Crippen molar-refractivity contribution in [1.29, 1.82) is 0 Å². The normalized spacial score (nSPS) is 18.4. The first-order valence-corrected chi connectivity index (χ1v) is 5.23. The number of hydrogen-bond acceptors (Lipinski definition) is 2. The Morgan fingerprint density at radius 3 is 2.54 bits per heavy atom. The molecule has 0 aromatic heterocycles. The first kappa shape index (κ1) is 10.5. The summed E-state index contributed by atoms with van der Waals surface area (Å²) in [5.41, 5.74) is 5.70. The molecule has 0 aliphatic heterocycles. The van der Waals surface area contributed by atoms with Crippen LogP contribution in [0, 0.1) is 5.92 Å². The monoisotopic (exact) mass is 184 g/mol. The summed E-state index contributed by atoms with van der Waals surface area (Å²) in [6.07, 6.45) is 3.30. The summed E-state index contributed by atoms with van der Waals surface area (Å²) >= 11 is 0. The number of carbonyl (C=O) groups excluding carboxylic acids is 1. The zero-order valence-corrected chi connectivity index (χ0v) is 8.62. The lowest BCUT2D eigenvalue weighted by Crippen LogP contribution is -2.44. The average molecular weight is 184 g/mol. The van der Waals surface area contributed by atoms with Crippen LogP contribution in [0.25, 0.3) is 0 Å². The molecule has 0 heterocycles. The summed E-state index contributed by atoms with van der Waals surface area (Å²) in [6.45, 7) is 5.68. The molecule has 76 valence electrons. The second kappa shape index (κ2) is 4.61. The molecule has 1 aliphatic rings. The Balaban J connectivity index is 2.38. The van der Waals surface area contributed by atoms with Crippen molar-refractivity contribution < 1.29 is 4.79 Å². The SMILES string of the molecule is CC[C@@H](N)C(=O)N(CC)CC1CC1. The molecule has 1 rings (SSSR count). The molecule has 3 nitrogen and oxygen atoms in total. The third kappa shape index (κ3) is 2.99. The van der Waals surface area contributed by atoms with Crippen molar-refractivity contribution in [3.8, 4) is 0 Å². The molecule has 0 bridgehead atoms. The molecular weight excluding hydrogens is 164 g/mol. The summed E-state index contributed by atoms with van der Waals surface area (Å²) in [5, 5.41) is 0. The van der Waals surface area contributed by atoms with Gasteiger partial charge in [-0.1, -0.05) is 6.92 Å². The van der Waals surface area contributed by atoms with Gasteiger partial charge in [-0.15, -0.1) is 0 Å². The number of amides is 1. The highest BCUT2D eigenvalue weighted by atomic mass is 16.2. The Hall–Kier alpha value is -0.570. The molecule has 0 unspecified atom stereocenters. The van der Waals surface area contributed by atoms with E-state index in [4.69, 9.17) is 5.73 Å². The molecule has 2 N–H and O–H groups in total. The van der Waals surface area contributed by atoms with E-state index < -0.39 is 0 Å². The molecule has 1 atom stereocenters. The molecule has 0 aromatic rings. The highest BCUT2D eigenvalue weighted by Gasteiger charge is 2.27. The van der Waals surface area contributed by atoms with E-state index in [1.807, 2.05) is 18.7 Å². The average Bonchev–Trinajstić information content (AvgIpc) is 2.95. The Kier molecular flexibility index (Phi) is 3.72. The van der Waals surface area contributed by atoms with Gasteiger partial charge in [-0.25, -0.2) is 0 Å². The molecule has 0 radical (unpaired) electrons. The minimum atomic E-state index is -0.293. The van der Waals surface area contributed by atoms with E-state index in [0.717, 1.165) is 25.4 Å². The van der Waals surface area contributed by atoms with E-state index >= 15 is 0 Å². The van der Waals surface area contributed by atoms with Crippen molar-refractivity contribution >= 4 is 5.91 Å². The summed E-state index contributed by atoms with van der Waals surface area (Å²) < 4.78 is 0. The first-order valence-electron chi connectivity index (χ1n) is 5.23. The molecule has 1 amide bonds. The zero-order valence-electron chi connectivity index (χ0n) is 8.62. The van der Waals surface area contributed by atoms with Crippen molar-refractivity contribution in [2.45, 2.75) is 39.2 Å². The molecule has 0 spiro atoms. The zero-order chi connectivity index (χ0) is 9.84. The summed E-state index contributed by atoms with van der Waals surface area (Å²) in [4.78, 5) is 13.6. The first-order chi connectivity index (χ1) is 6.19. The lowest BCUT2D eigenvalue weighted by Gasteiger charge is -2.23. The van der Waals surface area contributed by atoms with Gasteiger partial charge in [0.1, 0.15) is 0 Å². The molecule has 0 aromatic carbocycles. The fourth-order valence-electron chi connectivity index (χ4n) is 1.40. The van der Waals surface area contributed by atoms with Crippen LogP contribution in [-0.2, 0) is 4.79 Å². The van der Waals surface area contributed by atoms with Crippen molar-refractivity contribution in [2.24, 2.45) is 11.7 Å². The van der Waals surface area contributed by atoms with E-state index in [-0.39, 0.29) is 11.9 Å². The van der Waals surface area contributed by atoms with Gasteiger partial charge in [0.15, 0.2) is 0 Å². The second-order valence-electron chi connectivity index (χ2n) is 3.83. The Morgan fingerprint density at radius 2 is 2.15 bits per heavy atom. The number of nitrogens with zero attached hydrogens (tertiary/aromatic N) is 1. The third-order valence-electron chi connectivity index (χ3n) is 2.63. The Labute approximate surface area is 80.3 Å². The van der Waals surface area contributed by atoms with Gasteiger partial charge in [-0.3, -0.25) is 4.79 Å². The summed E-state index contributed by atoms with van der Waals surface area (Å²) in [6, 6.07) is -0.293. The van der Waals surface area contributed by atoms with Gasteiger partial charge < -0.3 is 10.6 Å². The summed E-state index contributed by atoms with van der Waals surface area (Å²) in [7, 11) is 0. The van der Waals surface area contributed by atoms with Crippen LogP contribution in [0.15, 0.2) is 0 Å². The van der Waals surface area contributed by atoms with Crippen LogP contribution < -0.4 is 5.73 Å². The molecule has 1 saturated carbocycles. The van der Waals surface area contributed by atoms with Crippen LogP contribution >= 0.6 is 0 Å². The van der Waals surface area contributed by atoms with Crippen LogP contribution in [0.4, 0.5) is 0 Å². The minimum absolute atomic E-state index is 0.122. The number of likely N-dealkylation sites (N-methyl/N-ethyl adjacent to an activating group) is 1. The minimum Gasteiger partial charge on any atom is -0.341 e. The number of nitrogens with two attached hydrogens (primary N) is 1. The number of carbonyl (C=O) groups is 1. The van der Waals surface area contributed by atoms with Crippen molar-refractivity contribution in [3.05, 3.63) is 0 Å². The number of rotatable bonds is 5. The largest absolute Gasteiger partial charge is 0.341 e. The molecular formula is C10H20N2O. The van der Waals surface area contributed by atoms with E-state index in [1.54, 1.807) is 0 Å². The highest BCUT2D eigenvalue weighted by Crippen LogP contribution is 2.29. The Morgan fingerprint density at radius 1 is 1.54 bits per heavy atom.